The van der Waals surface area contributed by atoms with E-state index in [9.17, 15) is 0 Å². The molecule has 0 aliphatic heterocycles. The van der Waals surface area contributed by atoms with Gasteiger partial charge in [-0.3, -0.25) is 9.98 Å². The summed E-state index contributed by atoms with van der Waals surface area (Å²) in [7, 11) is 0. The standard InChI is InChI=1S/C72H120N2.Ni/c1-4-7-10-12-14-16-18-20-22-24-26-28-30-32-34-36-38-40-42-44-46-48-50-52-54-58-68-60-56-63-70(65-68)73-67-72(62-9-6-3)74-71-64-57-61-69(66-71)59-55-53-51-49-47-45-43-41-39-37-35-33-31-29-27-25-23-21-19-17-15-13-11-8-5-2;/h56-57,60-61,63-67H,4-53,62H2,1-3H3;. The summed E-state index contributed by atoms with van der Waals surface area (Å²) in [5.74, 6) is 13.7. The first kappa shape index (κ1) is 70.4. The van der Waals surface area contributed by atoms with Crippen LogP contribution in [0.15, 0.2) is 58.5 Å². The van der Waals surface area contributed by atoms with E-state index in [1.54, 1.807) is 0 Å². The Morgan fingerprint density at radius 3 is 0.907 bits per heavy atom. The summed E-state index contributed by atoms with van der Waals surface area (Å²) in [6, 6.07) is 16.8. The molecule has 2 aromatic carbocycles. The Bertz CT molecular complexity index is 1700. The molecule has 0 fully saturated rings. The average molecular weight is 1070 g/mol. The van der Waals surface area contributed by atoms with Crippen molar-refractivity contribution in [3.05, 3.63) is 59.7 Å². The molecular weight excluding hydrogens is 951 g/mol. The molecule has 2 nitrogen and oxygen atoms in total. The molecule has 0 unspecified atom stereocenters. The fourth-order valence-corrected chi connectivity index (χ4v) is 10.5. The fourth-order valence-electron chi connectivity index (χ4n) is 10.5. The zero-order valence-corrected chi connectivity index (χ0v) is 51.0. The van der Waals surface area contributed by atoms with Crippen LogP contribution in [0.4, 0.5) is 11.4 Å². The molecule has 0 bridgehead atoms. The van der Waals surface area contributed by atoms with Gasteiger partial charge in [-0.05, 0) is 62.1 Å². The van der Waals surface area contributed by atoms with Crippen LogP contribution in [0.1, 0.15) is 359 Å². The van der Waals surface area contributed by atoms with Crippen LogP contribution in [-0.4, -0.2) is 11.9 Å². The summed E-state index contributed by atoms with van der Waals surface area (Å²) >= 11 is 0. The van der Waals surface area contributed by atoms with Crippen LogP contribution in [0.5, 0.6) is 0 Å². The molecule has 0 aliphatic rings. The summed E-state index contributed by atoms with van der Waals surface area (Å²) in [6.45, 7) is 6.85. The average Bonchev–Trinajstić information content (AvgIpc) is 3.41. The molecular formula is C72H120N2Ni. The Morgan fingerprint density at radius 2 is 0.600 bits per heavy atom. The van der Waals surface area contributed by atoms with Gasteiger partial charge in [-0.1, -0.05) is 346 Å². The largest absolute Gasteiger partial charge is 0.255 e. The number of hydrogen-bond donors (Lipinski definition) is 0. The van der Waals surface area contributed by atoms with Crippen molar-refractivity contribution < 1.29 is 16.5 Å². The maximum Gasteiger partial charge on any atom is 0.0646 e. The van der Waals surface area contributed by atoms with Gasteiger partial charge in [0.2, 0.25) is 0 Å². The quantitative estimate of drug-likeness (QED) is 0.0273. The van der Waals surface area contributed by atoms with E-state index in [0.717, 1.165) is 60.3 Å². The Hall–Kier alpha value is -2.61. The van der Waals surface area contributed by atoms with Gasteiger partial charge in [-0.15, -0.1) is 0 Å². The van der Waals surface area contributed by atoms with Crippen LogP contribution in [-0.2, 0) is 16.5 Å². The first-order valence-corrected chi connectivity index (χ1v) is 33.0. The number of rotatable bonds is 52. The molecule has 0 saturated heterocycles. The summed E-state index contributed by atoms with van der Waals surface area (Å²) in [6.07, 6.45) is 72.6. The van der Waals surface area contributed by atoms with Crippen molar-refractivity contribution in [2.24, 2.45) is 9.98 Å². The SMILES string of the molecule is CCCCCCCCCCCCCCCCCCCCCCCCCC#Cc1cccc(N=CC(CCCC)=Nc2cccc(C#CCCCCCCCCCCCCCCCCCCCCCCCCC)c2)c1.[Ni]. The van der Waals surface area contributed by atoms with Crippen molar-refractivity contribution in [2.45, 2.75) is 348 Å². The third-order valence-corrected chi connectivity index (χ3v) is 15.4. The second-order valence-corrected chi connectivity index (χ2v) is 22.7. The molecule has 2 aromatic rings. The van der Waals surface area contributed by atoms with E-state index >= 15 is 0 Å². The van der Waals surface area contributed by atoms with E-state index in [0.29, 0.717) is 0 Å². The Morgan fingerprint density at radius 1 is 0.333 bits per heavy atom. The van der Waals surface area contributed by atoms with E-state index in [1.165, 1.54) is 295 Å². The molecule has 0 atom stereocenters. The number of nitrogens with zero attached hydrogens (tertiary/aromatic N) is 2. The first-order chi connectivity index (χ1) is 36.7. The molecule has 2 rings (SSSR count). The van der Waals surface area contributed by atoms with Crippen LogP contribution >= 0.6 is 0 Å². The zero-order valence-electron chi connectivity index (χ0n) is 50.0. The second-order valence-electron chi connectivity index (χ2n) is 22.7. The molecule has 0 saturated carbocycles. The Labute approximate surface area is 478 Å². The summed E-state index contributed by atoms with van der Waals surface area (Å²) in [5, 5.41) is 0. The minimum Gasteiger partial charge on any atom is -0.255 e. The molecule has 0 radical (unpaired) electrons. The second kappa shape index (κ2) is 57.6. The van der Waals surface area contributed by atoms with Crippen molar-refractivity contribution >= 4 is 23.3 Å². The maximum absolute atomic E-state index is 5.05. The van der Waals surface area contributed by atoms with Crippen molar-refractivity contribution in [2.75, 3.05) is 0 Å². The predicted octanol–water partition coefficient (Wildman–Crippen LogP) is 24.8. The Balaban J connectivity index is 0.0000281. The predicted molar refractivity (Wildman–Crippen MR) is 334 cm³/mol. The van der Waals surface area contributed by atoms with E-state index < -0.39 is 0 Å². The molecule has 0 spiro atoms. The molecule has 75 heavy (non-hydrogen) atoms. The Kier molecular flexibility index (Phi) is 54.0. The fraction of sp³-hybridized carbons (Fsp3) is 0.750. The van der Waals surface area contributed by atoms with E-state index in [-0.39, 0.29) is 16.5 Å². The topological polar surface area (TPSA) is 24.7 Å². The van der Waals surface area contributed by atoms with Crippen molar-refractivity contribution in [3.8, 4) is 23.7 Å². The molecule has 0 amide bonds. The van der Waals surface area contributed by atoms with Crippen molar-refractivity contribution in [3.63, 3.8) is 0 Å². The number of hydrogen-bond acceptors (Lipinski definition) is 2. The molecule has 3 heteroatoms. The number of unbranched alkanes of at least 4 members (excludes halogenated alkanes) is 47. The van der Waals surface area contributed by atoms with Crippen LogP contribution in [0.2, 0.25) is 0 Å². The molecule has 428 valence electrons. The van der Waals surface area contributed by atoms with Crippen LogP contribution in [0.3, 0.4) is 0 Å². The normalized spacial score (nSPS) is 11.4. The van der Waals surface area contributed by atoms with Gasteiger partial charge in [0.05, 0.1) is 17.1 Å². The van der Waals surface area contributed by atoms with Gasteiger partial charge in [0, 0.05) is 46.7 Å². The van der Waals surface area contributed by atoms with Gasteiger partial charge in [0.1, 0.15) is 0 Å². The molecule has 0 heterocycles. The minimum absolute atomic E-state index is 0. The third-order valence-electron chi connectivity index (χ3n) is 15.4. The monoisotopic (exact) mass is 1070 g/mol. The van der Waals surface area contributed by atoms with Gasteiger partial charge in [-0.25, -0.2) is 0 Å². The summed E-state index contributed by atoms with van der Waals surface area (Å²) < 4.78 is 0. The van der Waals surface area contributed by atoms with E-state index in [1.807, 2.05) is 6.21 Å². The summed E-state index contributed by atoms with van der Waals surface area (Å²) in [5.41, 5.74) is 5.00. The molecule has 0 aliphatic carbocycles. The minimum atomic E-state index is 0. The maximum atomic E-state index is 5.05. The molecule has 0 N–H and O–H groups in total. The molecule has 0 aromatic heterocycles. The van der Waals surface area contributed by atoms with Gasteiger partial charge < -0.3 is 0 Å². The number of benzene rings is 2. The summed E-state index contributed by atoms with van der Waals surface area (Å²) in [4.78, 5) is 9.92. The van der Waals surface area contributed by atoms with Crippen molar-refractivity contribution in [1.29, 1.82) is 0 Å². The van der Waals surface area contributed by atoms with Crippen LogP contribution in [0, 0.1) is 23.7 Å². The third kappa shape index (κ3) is 48.3. The van der Waals surface area contributed by atoms with Crippen LogP contribution < -0.4 is 0 Å². The zero-order chi connectivity index (χ0) is 52.6. The van der Waals surface area contributed by atoms with Crippen molar-refractivity contribution in [1.82, 2.24) is 0 Å². The van der Waals surface area contributed by atoms with Gasteiger partial charge in [0.15, 0.2) is 0 Å². The van der Waals surface area contributed by atoms with Gasteiger partial charge >= 0.3 is 0 Å². The number of aliphatic imine (C=N–C) groups is 2. The van der Waals surface area contributed by atoms with Gasteiger partial charge in [0.25, 0.3) is 0 Å². The smallest absolute Gasteiger partial charge is 0.0646 e. The van der Waals surface area contributed by atoms with E-state index in [2.05, 4.69) is 93.0 Å². The van der Waals surface area contributed by atoms with Crippen LogP contribution in [0.25, 0.3) is 0 Å². The van der Waals surface area contributed by atoms with E-state index in [4.69, 9.17) is 9.98 Å². The first-order valence-electron chi connectivity index (χ1n) is 33.0. The van der Waals surface area contributed by atoms with Gasteiger partial charge in [-0.2, -0.15) is 0 Å².